The van der Waals surface area contributed by atoms with Gasteiger partial charge in [-0.05, 0) is 26.0 Å². The lowest BCUT2D eigenvalue weighted by Crippen LogP contribution is -2.40. The Morgan fingerprint density at radius 1 is 1.23 bits per heavy atom. The molecule has 1 aromatic heterocycles. The Balaban J connectivity index is 2.77. The number of hydrogen-bond donors (Lipinski definition) is 0. The Morgan fingerprint density at radius 3 is 2.12 bits per heavy atom. The summed E-state index contributed by atoms with van der Waals surface area (Å²) in [4.78, 5) is -0.601. The molecule has 144 valence electrons. The van der Waals surface area contributed by atoms with Crippen molar-refractivity contribution in [1.82, 2.24) is 9.78 Å². The molecule has 12 heteroatoms. The maximum Gasteiger partial charge on any atom is 0.407 e. The van der Waals surface area contributed by atoms with Crippen molar-refractivity contribution in [3.63, 3.8) is 0 Å². The summed E-state index contributed by atoms with van der Waals surface area (Å²) in [7, 11) is -3.22. The SMILES string of the molecule is Cc1nn(C)c(C)c1N(CC(F)(F)F)S(=O)(=O)c1c(Cl)cc(Br)cc1Cl. The van der Waals surface area contributed by atoms with Crippen molar-refractivity contribution in [3.8, 4) is 0 Å². The van der Waals surface area contributed by atoms with Crippen LogP contribution >= 0.6 is 39.1 Å². The van der Waals surface area contributed by atoms with Crippen molar-refractivity contribution in [2.24, 2.45) is 7.05 Å². The Bertz CT molecular complexity index is 938. The van der Waals surface area contributed by atoms with Gasteiger partial charge in [-0.3, -0.25) is 8.99 Å². The highest BCUT2D eigenvalue weighted by Gasteiger charge is 2.41. The second-order valence-corrected chi connectivity index (χ2v) is 9.00. The topological polar surface area (TPSA) is 55.2 Å². The summed E-state index contributed by atoms with van der Waals surface area (Å²) in [6.07, 6.45) is -4.80. The first-order valence-corrected chi connectivity index (χ1v) is 9.99. The lowest BCUT2D eigenvalue weighted by molar-refractivity contribution is -0.117. The molecule has 0 amide bonds. The molecule has 2 rings (SSSR count). The van der Waals surface area contributed by atoms with Gasteiger partial charge < -0.3 is 0 Å². The summed E-state index contributed by atoms with van der Waals surface area (Å²) in [6.45, 7) is 1.15. The van der Waals surface area contributed by atoms with Gasteiger partial charge in [0.1, 0.15) is 11.4 Å². The average Bonchev–Trinajstić information content (AvgIpc) is 2.67. The number of hydrogen-bond acceptors (Lipinski definition) is 3. The van der Waals surface area contributed by atoms with Crippen molar-refractivity contribution in [3.05, 3.63) is 38.0 Å². The van der Waals surface area contributed by atoms with Gasteiger partial charge in [0.25, 0.3) is 10.0 Å². The van der Waals surface area contributed by atoms with E-state index in [1.54, 1.807) is 0 Å². The van der Waals surface area contributed by atoms with Gasteiger partial charge >= 0.3 is 6.18 Å². The van der Waals surface area contributed by atoms with Gasteiger partial charge in [0, 0.05) is 11.5 Å². The van der Waals surface area contributed by atoms with E-state index in [4.69, 9.17) is 23.2 Å². The van der Waals surface area contributed by atoms with E-state index in [1.165, 1.54) is 37.7 Å². The van der Waals surface area contributed by atoms with Gasteiger partial charge in [-0.25, -0.2) is 8.42 Å². The number of halogens is 6. The van der Waals surface area contributed by atoms with Crippen LogP contribution in [0.15, 0.2) is 21.5 Å². The number of rotatable bonds is 4. The van der Waals surface area contributed by atoms with Crippen molar-refractivity contribution >= 4 is 54.8 Å². The lowest BCUT2D eigenvalue weighted by Gasteiger charge is -2.26. The monoisotopic (exact) mass is 493 g/mol. The molecule has 0 N–H and O–H groups in total. The average molecular weight is 495 g/mol. The van der Waals surface area contributed by atoms with Crippen LogP contribution in [-0.4, -0.2) is 30.9 Å². The molecule has 0 bridgehead atoms. The van der Waals surface area contributed by atoms with Crippen LogP contribution in [0.25, 0.3) is 0 Å². The third-order valence-electron chi connectivity index (χ3n) is 3.55. The Morgan fingerprint density at radius 2 is 1.73 bits per heavy atom. The zero-order valence-corrected chi connectivity index (χ0v) is 17.6. The molecular weight excluding hydrogens is 482 g/mol. The fraction of sp³-hybridized carbons (Fsp3) is 0.357. The quantitative estimate of drug-likeness (QED) is 0.609. The maximum absolute atomic E-state index is 13.2. The highest BCUT2D eigenvalue weighted by molar-refractivity contribution is 9.10. The molecule has 0 fully saturated rings. The van der Waals surface area contributed by atoms with Crippen molar-refractivity contribution in [1.29, 1.82) is 0 Å². The minimum atomic E-state index is -4.80. The van der Waals surface area contributed by atoms with Gasteiger partial charge in [-0.1, -0.05) is 39.1 Å². The maximum atomic E-state index is 13.2. The summed E-state index contributed by atoms with van der Waals surface area (Å²) < 4.78 is 67.6. The molecule has 2 aromatic rings. The molecule has 0 aliphatic heterocycles. The molecule has 0 spiro atoms. The molecule has 5 nitrogen and oxygen atoms in total. The van der Waals surface area contributed by atoms with Crippen LogP contribution in [0.1, 0.15) is 11.4 Å². The molecule has 1 heterocycles. The molecule has 0 aliphatic rings. The summed E-state index contributed by atoms with van der Waals surface area (Å²) >= 11 is 15.1. The predicted octanol–water partition coefficient (Wildman–Crippen LogP) is 4.86. The van der Waals surface area contributed by atoms with Crippen LogP contribution in [0.3, 0.4) is 0 Å². The zero-order valence-electron chi connectivity index (χ0n) is 13.7. The highest BCUT2D eigenvalue weighted by atomic mass is 79.9. The Labute approximate surface area is 166 Å². The van der Waals surface area contributed by atoms with Crippen LogP contribution in [-0.2, 0) is 17.1 Å². The molecule has 0 saturated carbocycles. The summed E-state index contributed by atoms with van der Waals surface area (Å²) in [5.41, 5.74) is 0.210. The van der Waals surface area contributed by atoms with Crippen LogP contribution in [0, 0.1) is 13.8 Å². The second-order valence-electron chi connectivity index (χ2n) is 5.47. The molecule has 0 radical (unpaired) electrons. The van der Waals surface area contributed by atoms with Gasteiger partial charge in [0.15, 0.2) is 0 Å². The molecule has 1 aromatic carbocycles. The third-order valence-corrected chi connectivity index (χ3v) is 6.68. The van der Waals surface area contributed by atoms with Crippen molar-refractivity contribution in [2.45, 2.75) is 24.9 Å². The fourth-order valence-corrected chi connectivity index (χ4v) is 5.90. The van der Waals surface area contributed by atoms with Crippen LogP contribution < -0.4 is 4.31 Å². The summed E-state index contributed by atoms with van der Waals surface area (Å²) in [5.74, 6) is 0. The number of sulfonamides is 1. The number of alkyl halides is 3. The first-order valence-electron chi connectivity index (χ1n) is 7.00. The summed E-state index contributed by atoms with van der Waals surface area (Å²) in [5, 5.41) is 3.41. The Kier molecular flexibility index (Phi) is 5.92. The summed E-state index contributed by atoms with van der Waals surface area (Å²) in [6, 6.07) is 2.49. The molecular formula is C14H13BrCl2F3N3O2S. The van der Waals surface area contributed by atoms with E-state index >= 15 is 0 Å². The zero-order chi connectivity index (χ0) is 20.0. The standard InChI is InChI=1S/C14H13BrCl2F3N3O2S/c1-7-12(8(2)22(3)21-7)23(6-14(18,19)20)26(24,25)13-10(16)4-9(15)5-11(13)17/h4-5H,6H2,1-3H3. The van der Waals surface area contributed by atoms with E-state index < -0.39 is 27.6 Å². The molecule has 26 heavy (non-hydrogen) atoms. The van der Waals surface area contributed by atoms with Crippen LogP contribution in [0.2, 0.25) is 10.0 Å². The van der Waals surface area contributed by atoms with Crippen molar-refractivity contribution < 1.29 is 21.6 Å². The fourth-order valence-electron chi connectivity index (χ4n) is 2.46. The largest absolute Gasteiger partial charge is 0.407 e. The molecule has 0 unspecified atom stereocenters. The van der Waals surface area contributed by atoms with E-state index in [0.29, 0.717) is 4.47 Å². The van der Waals surface area contributed by atoms with E-state index in [2.05, 4.69) is 21.0 Å². The van der Waals surface area contributed by atoms with Gasteiger partial charge in [-0.15, -0.1) is 0 Å². The molecule has 0 aliphatic carbocycles. The highest BCUT2D eigenvalue weighted by Crippen LogP contribution is 2.39. The first kappa shape index (κ1) is 21.3. The molecule has 0 atom stereocenters. The number of benzene rings is 1. The van der Waals surface area contributed by atoms with Gasteiger partial charge in [0.05, 0.1) is 27.1 Å². The van der Waals surface area contributed by atoms with Crippen molar-refractivity contribution in [2.75, 3.05) is 10.8 Å². The normalized spacial score (nSPS) is 12.5. The van der Waals surface area contributed by atoms with E-state index in [-0.39, 0.29) is 31.4 Å². The number of aryl methyl sites for hydroxylation is 2. The predicted molar refractivity (Wildman–Crippen MR) is 97.4 cm³/mol. The second kappa shape index (κ2) is 7.21. The Hall–Kier alpha value is -0.970. The van der Waals surface area contributed by atoms with Gasteiger partial charge in [0.2, 0.25) is 0 Å². The minimum Gasteiger partial charge on any atom is -0.270 e. The smallest absolute Gasteiger partial charge is 0.270 e. The van der Waals surface area contributed by atoms with E-state index in [0.717, 1.165) is 0 Å². The van der Waals surface area contributed by atoms with Crippen LogP contribution in [0.4, 0.5) is 18.9 Å². The molecule has 0 saturated heterocycles. The first-order chi connectivity index (χ1) is 11.8. The number of nitrogens with zero attached hydrogens (tertiary/aromatic N) is 3. The number of aromatic nitrogens is 2. The number of anilines is 1. The van der Waals surface area contributed by atoms with E-state index in [1.807, 2.05) is 0 Å². The van der Waals surface area contributed by atoms with E-state index in [9.17, 15) is 21.6 Å². The van der Waals surface area contributed by atoms with Crippen LogP contribution in [0.5, 0.6) is 0 Å². The third kappa shape index (κ3) is 4.13. The lowest BCUT2D eigenvalue weighted by atomic mass is 10.3. The minimum absolute atomic E-state index is 0.127. The van der Waals surface area contributed by atoms with Gasteiger partial charge in [-0.2, -0.15) is 18.3 Å².